The van der Waals surface area contributed by atoms with Crippen molar-refractivity contribution in [1.29, 1.82) is 0 Å². The molecule has 1 amide bonds. The highest BCUT2D eigenvalue weighted by molar-refractivity contribution is 6.03. The number of esters is 1. The van der Waals surface area contributed by atoms with E-state index in [1.54, 1.807) is 36.4 Å². The average molecular weight is 476 g/mol. The lowest BCUT2D eigenvalue weighted by Gasteiger charge is -2.20. The second kappa shape index (κ2) is 9.47. The normalized spacial score (nSPS) is 10.8. The van der Waals surface area contributed by atoms with Gasteiger partial charge >= 0.3 is 11.7 Å². The number of nitrogen functional groups attached to an aromatic ring is 1. The van der Waals surface area contributed by atoms with Gasteiger partial charge in [-0.3, -0.25) is 23.9 Å². The molecule has 35 heavy (non-hydrogen) atoms. The van der Waals surface area contributed by atoms with Crippen LogP contribution in [-0.4, -0.2) is 45.3 Å². The standard InChI is InChI=1S/C23H20N6O6/c1-28(18-19(24)29(23(34)25-21(18)32)11-13-7-3-2-4-8-13)16(30)12-35-22(33)17-14-9-5-6-10-15(14)20(31)27-26-17/h2-10H,11-12,24H2,1H3,(H,27,31)(H,25,32,34). The molecule has 0 unspecified atom stereocenters. The van der Waals surface area contributed by atoms with E-state index in [9.17, 15) is 24.0 Å². The molecule has 0 spiro atoms. The molecular weight excluding hydrogens is 456 g/mol. The molecule has 4 aromatic rings. The minimum atomic E-state index is -0.949. The van der Waals surface area contributed by atoms with Gasteiger partial charge in [0.25, 0.3) is 17.0 Å². The van der Waals surface area contributed by atoms with E-state index >= 15 is 0 Å². The molecule has 0 atom stereocenters. The van der Waals surface area contributed by atoms with Crippen molar-refractivity contribution in [2.75, 3.05) is 24.3 Å². The Morgan fingerprint density at radius 3 is 2.37 bits per heavy atom. The second-order valence-electron chi connectivity index (χ2n) is 7.54. The van der Waals surface area contributed by atoms with Crippen molar-refractivity contribution in [3.63, 3.8) is 0 Å². The van der Waals surface area contributed by atoms with E-state index in [0.717, 1.165) is 15.0 Å². The highest BCUT2D eigenvalue weighted by Gasteiger charge is 2.23. The molecule has 12 heteroatoms. The van der Waals surface area contributed by atoms with Crippen LogP contribution in [0.25, 0.3) is 10.8 Å². The van der Waals surface area contributed by atoms with Gasteiger partial charge in [-0.25, -0.2) is 14.7 Å². The number of aromatic amines is 2. The summed E-state index contributed by atoms with van der Waals surface area (Å²) >= 11 is 0. The first-order chi connectivity index (χ1) is 16.8. The molecule has 4 N–H and O–H groups in total. The number of benzene rings is 2. The van der Waals surface area contributed by atoms with Crippen LogP contribution in [-0.2, 0) is 16.1 Å². The molecule has 2 heterocycles. The number of ether oxygens (including phenoxy) is 1. The Morgan fingerprint density at radius 1 is 1.00 bits per heavy atom. The molecular formula is C23H20N6O6. The number of H-pyrrole nitrogens is 2. The third kappa shape index (κ3) is 4.57. The van der Waals surface area contributed by atoms with Gasteiger partial charge in [-0.1, -0.05) is 48.5 Å². The number of nitrogens with zero attached hydrogens (tertiary/aromatic N) is 3. The first-order valence-electron chi connectivity index (χ1n) is 10.4. The van der Waals surface area contributed by atoms with Crippen molar-refractivity contribution >= 4 is 34.2 Å². The Bertz CT molecular complexity index is 1610. The summed E-state index contributed by atoms with van der Waals surface area (Å²) in [5, 5.41) is 6.43. The van der Waals surface area contributed by atoms with E-state index in [2.05, 4.69) is 15.2 Å². The summed E-state index contributed by atoms with van der Waals surface area (Å²) in [6, 6.07) is 15.2. The van der Waals surface area contributed by atoms with E-state index in [-0.39, 0.29) is 34.5 Å². The number of rotatable bonds is 6. The molecule has 2 aromatic heterocycles. The minimum Gasteiger partial charge on any atom is -0.451 e. The first-order valence-corrected chi connectivity index (χ1v) is 10.4. The topological polar surface area (TPSA) is 173 Å². The first kappa shape index (κ1) is 23.2. The van der Waals surface area contributed by atoms with Crippen molar-refractivity contribution in [2.24, 2.45) is 0 Å². The quantitative estimate of drug-likeness (QED) is 0.331. The lowest BCUT2D eigenvalue weighted by molar-refractivity contribution is -0.121. The molecule has 12 nitrogen and oxygen atoms in total. The van der Waals surface area contributed by atoms with E-state index in [0.29, 0.717) is 0 Å². The van der Waals surface area contributed by atoms with Gasteiger partial charge < -0.3 is 15.4 Å². The van der Waals surface area contributed by atoms with Crippen LogP contribution in [0, 0.1) is 0 Å². The van der Waals surface area contributed by atoms with Crippen LogP contribution in [0.3, 0.4) is 0 Å². The smallest absolute Gasteiger partial charge is 0.359 e. The lowest BCUT2D eigenvalue weighted by Crippen LogP contribution is -2.40. The molecule has 0 fully saturated rings. The number of likely N-dealkylation sites (N-methyl/N-ethyl adjacent to an activating group) is 1. The van der Waals surface area contributed by atoms with Gasteiger partial charge in [0, 0.05) is 12.4 Å². The van der Waals surface area contributed by atoms with Gasteiger partial charge in [-0.15, -0.1) is 0 Å². The van der Waals surface area contributed by atoms with Gasteiger partial charge in [-0.2, -0.15) is 5.10 Å². The Kier molecular flexibility index (Phi) is 6.27. The van der Waals surface area contributed by atoms with Crippen molar-refractivity contribution in [3.05, 3.63) is 97.0 Å². The number of carbonyl (C=O) groups excluding carboxylic acids is 2. The Balaban J connectivity index is 1.55. The fourth-order valence-corrected chi connectivity index (χ4v) is 3.51. The van der Waals surface area contributed by atoms with E-state index in [1.807, 2.05) is 6.07 Å². The van der Waals surface area contributed by atoms with Gasteiger partial charge in [0.1, 0.15) is 5.82 Å². The number of hydrogen-bond donors (Lipinski definition) is 3. The molecule has 0 aliphatic rings. The predicted molar refractivity (Wildman–Crippen MR) is 127 cm³/mol. The van der Waals surface area contributed by atoms with Crippen molar-refractivity contribution in [3.8, 4) is 0 Å². The van der Waals surface area contributed by atoms with Crippen molar-refractivity contribution < 1.29 is 14.3 Å². The van der Waals surface area contributed by atoms with E-state index in [4.69, 9.17) is 10.5 Å². The third-order valence-corrected chi connectivity index (χ3v) is 5.32. The van der Waals surface area contributed by atoms with Gasteiger partial charge in [-0.05, 0) is 11.6 Å². The van der Waals surface area contributed by atoms with Crippen LogP contribution < -0.4 is 27.4 Å². The minimum absolute atomic E-state index is 0.0667. The highest BCUT2D eigenvalue weighted by atomic mass is 16.5. The Labute approximate surface area is 196 Å². The van der Waals surface area contributed by atoms with Gasteiger partial charge in [0.2, 0.25) is 0 Å². The number of fused-ring (bicyclic) bond motifs is 1. The maximum absolute atomic E-state index is 12.7. The summed E-state index contributed by atoms with van der Waals surface area (Å²) < 4.78 is 6.20. The van der Waals surface area contributed by atoms with E-state index < -0.39 is 35.3 Å². The van der Waals surface area contributed by atoms with E-state index in [1.165, 1.54) is 19.2 Å². The van der Waals surface area contributed by atoms with Crippen LogP contribution in [0.1, 0.15) is 16.1 Å². The summed E-state index contributed by atoms with van der Waals surface area (Å²) in [7, 11) is 1.27. The molecule has 0 aliphatic carbocycles. The molecule has 4 rings (SSSR count). The monoisotopic (exact) mass is 476 g/mol. The third-order valence-electron chi connectivity index (χ3n) is 5.32. The molecule has 178 valence electrons. The van der Waals surface area contributed by atoms with Crippen LogP contribution in [0.4, 0.5) is 11.5 Å². The fraction of sp³-hybridized carbons (Fsp3) is 0.130. The summed E-state index contributed by atoms with van der Waals surface area (Å²) in [6.07, 6.45) is 0. The summed E-state index contributed by atoms with van der Waals surface area (Å²) in [5.74, 6) is -1.96. The van der Waals surface area contributed by atoms with Gasteiger partial charge in [0.05, 0.1) is 11.9 Å². The number of carbonyl (C=O) groups is 2. The SMILES string of the molecule is CN(C(=O)COC(=O)c1n[nH]c(=O)c2ccccc12)c1c(N)n(Cc2ccccc2)c(=O)[nH]c1=O. The molecule has 0 bridgehead atoms. The number of anilines is 2. The number of hydrogen-bond acceptors (Lipinski definition) is 8. The molecule has 2 aromatic carbocycles. The molecule has 0 saturated heterocycles. The van der Waals surface area contributed by atoms with Crippen molar-refractivity contribution in [1.82, 2.24) is 19.7 Å². The van der Waals surface area contributed by atoms with Crippen LogP contribution in [0.15, 0.2) is 69.0 Å². The van der Waals surface area contributed by atoms with Crippen LogP contribution >= 0.6 is 0 Å². The number of nitrogens with two attached hydrogens (primary N) is 1. The Morgan fingerprint density at radius 2 is 1.66 bits per heavy atom. The largest absolute Gasteiger partial charge is 0.451 e. The summed E-state index contributed by atoms with van der Waals surface area (Å²) in [5.41, 5.74) is 4.32. The maximum atomic E-state index is 12.7. The molecule has 0 saturated carbocycles. The number of nitrogens with one attached hydrogen (secondary N) is 2. The lowest BCUT2D eigenvalue weighted by atomic mass is 10.1. The van der Waals surface area contributed by atoms with Gasteiger partial charge in [0.15, 0.2) is 18.0 Å². The fourth-order valence-electron chi connectivity index (χ4n) is 3.51. The van der Waals surface area contributed by atoms with Crippen LogP contribution in [0.2, 0.25) is 0 Å². The maximum Gasteiger partial charge on any atom is 0.359 e. The molecule has 0 radical (unpaired) electrons. The number of aromatic nitrogens is 4. The highest BCUT2D eigenvalue weighted by Crippen LogP contribution is 2.17. The zero-order chi connectivity index (χ0) is 25.1. The number of amides is 1. The zero-order valence-electron chi connectivity index (χ0n) is 18.5. The average Bonchev–Trinajstić information content (AvgIpc) is 2.85. The molecule has 0 aliphatic heterocycles. The summed E-state index contributed by atoms with van der Waals surface area (Å²) in [4.78, 5) is 65.0. The predicted octanol–water partition coefficient (Wildman–Crippen LogP) is 0.223. The van der Waals surface area contributed by atoms with Crippen molar-refractivity contribution in [2.45, 2.75) is 6.54 Å². The summed E-state index contributed by atoms with van der Waals surface area (Å²) in [6.45, 7) is -0.682. The zero-order valence-corrected chi connectivity index (χ0v) is 18.5. The Hall–Kier alpha value is -5.00. The second-order valence-corrected chi connectivity index (χ2v) is 7.54. The van der Waals surface area contributed by atoms with Crippen LogP contribution in [0.5, 0.6) is 0 Å².